The summed E-state index contributed by atoms with van der Waals surface area (Å²) in [7, 11) is -3.75. The van der Waals surface area contributed by atoms with E-state index in [1.807, 2.05) is 37.3 Å². The predicted molar refractivity (Wildman–Crippen MR) is 130 cm³/mol. The van der Waals surface area contributed by atoms with E-state index < -0.39 is 15.8 Å². The molecular formula is C24H28FN5O3S. The molecule has 2 amide bonds. The molecule has 1 aliphatic heterocycles. The first-order valence-electron chi connectivity index (χ1n) is 11.2. The Kier molecular flexibility index (Phi) is 7.40. The molecule has 0 aliphatic carbocycles. The number of likely N-dealkylation sites (tertiary alicyclic amines) is 1. The van der Waals surface area contributed by atoms with E-state index in [1.165, 1.54) is 18.2 Å². The van der Waals surface area contributed by atoms with Crippen LogP contribution in [0, 0.1) is 12.7 Å². The minimum Gasteiger partial charge on any atom is -0.337 e. The lowest BCUT2D eigenvalue weighted by Crippen LogP contribution is -2.46. The van der Waals surface area contributed by atoms with Gasteiger partial charge in [-0.05, 0) is 63.2 Å². The zero-order valence-electron chi connectivity index (χ0n) is 18.9. The summed E-state index contributed by atoms with van der Waals surface area (Å²) in [6.07, 6.45) is 1.28. The van der Waals surface area contributed by atoms with Gasteiger partial charge < -0.3 is 15.5 Å². The van der Waals surface area contributed by atoms with Crippen molar-refractivity contribution in [3.05, 3.63) is 66.1 Å². The number of sulfonamides is 1. The smallest absolute Gasteiger partial charge is 0.319 e. The Morgan fingerprint density at radius 1 is 1.12 bits per heavy atom. The van der Waals surface area contributed by atoms with Crippen LogP contribution >= 0.6 is 0 Å². The largest absolute Gasteiger partial charge is 0.337 e. The second-order valence-electron chi connectivity index (χ2n) is 8.40. The van der Waals surface area contributed by atoms with Crippen LogP contribution in [0.5, 0.6) is 0 Å². The van der Waals surface area contributed by atoms with Crippen molar-refractivity contribution < 1.29 is 17.6 Å². The van der Waals surface area contributed by atoms with Gasteiger partial charge in [0.05, 0.1) is 16.1 Å². The van der Waals surface area contributed by atoms with Crippen LogP contribution in [0.2, 0.25) is 0 Å². The van der Waals surface area contributed by atoms with E-state index in [0.717, 1.165) is 22.7 Å². The van der Waals surface area contributed by atoms with Crippen LogP contribution in [0.15, 0.2) is 59.5 Å². The number of hydrogen-bond acceptors (Lipinski definition) is 5. The van der Waals surface area contributed by atoms with Crippen LogP contribution in [0.25, 0.3) is 10.9 Å². The molecule has 2 aromatic carbocycles. The topological polar surface area (TPSA) is 103 Å². The number of aromatic nitrogens is 1. The van der Waals surface area contributed by atoms with Gasteiger partial charge >= 0.3 is 6.03 Å². The van der Waals surface area contributed by atoms with Crippen LogP contribution in [-0.2, 0) is 10.0 Å². The minimum atomic E-state index is -3.75. The first-order valence-corrected chi connectivity index (χ1v) is 12.7. The molecule has 10 heteroatoms. The molecule has 1 aromatic heterocycles. The molecule has 0 radical (unpaired) electrons. The molecule has 8 nitrogen and oxygen atoms in total. The standard InChI is InChI=1S/C24H28FN5O3S/c1-17-15-23(21-7-2-3-8-22(21)27-17)28-24(31)26-11-14-30-12-9-19(10-13-30)29-34(32,33)20-6-4-5-18(25)16-20/h2-8,15-16,19,29H,9-14H2,1H3,(H2,26,27,28,31). The second-order valence-corrected chi connectivity index (χ2v) is 10.1. The number of para-hydroxylation sites is 1. The van der Waals surface area contributed by atoms with Crippen molar-refractivity contribution in [2.24, 2.45) is 0 Å². The minimum absolute atomic E-state index is 0.0673. The van der Waals surface area contributed by atoms with Crippen molar-refractivity contribution in [3.8, 4) is 0 Å². The van der Waals surface area contributed by atoms with Gasteiger partial charge in [-0.25, -0.2) is 22.3 Å². The summed E-state index contributed by atoms with van der Waals surface area (Å²) in [5.41, 5.74) is 2.37. The predicted octanol–water partition coefficient (Wildman–Crippen LogP) is 3.25. The average Bonchev–Trinajstić information content (AvgIpc) is 2.80. The first kappa shape index (κ1) is 24.1. The highest BCUT2D eigenvalue weighted by atomic mass is 32.2. The molecule has 3 N–H and O–H groups in total. The van der Waals surface area contributed by atoms with Gasteiger partial charge in [0, 0.05) is 30.2 Å². The fourth-order valence-corrected chi connectivity index (χ4v) is 5.44. The van der Waals surface area contributed by atoms with Crippen molar-refractivity contribution in [1.29, 1.82) is 0 Å². The van der Waals surface area contributed by atoms with Gasteiger partial charge in [-0.3, -0.25) is 4.98 Å². The molecule has 1 fully saturated rings. The van der Waals surface area contributed by atoms with Crippen molar-refractivity contribution >= 4 is 32.6 Å². The molecule has 4 rings (SSSR count). The Labute approximate surface area is 198 Å². The number of rotatable bonds is 7. The molecule has 0 spiro atoms. The molecule has 0 atom stereocenters. The summed E-state index contributed by atoms with van der Waals surface area (Å²) >= 11 is 0. The molecule has 0 unspecified atom stereocenters. The Bertz CT molecular complexity index is 1280. The maximum Gasteiger partial charge on any atom is 0.319 e. The van der Waals surface area contributed by atoms with Crippen LogP contribution in [0.3, 0.4) is 0 Å². The number of anilines is 1. The fraction of sp³-hybridized carbons (Fsp3) is 0.333. The average molecular weight is 486 g/mol. The van der Waals surface area contributed by atoms with Crippen LogP contribution in [-0.4, -0.2) is 56.6 Å². The van der Waals surface area contributed by atoms with Crippen molar-refractivity contribution in [2.45, 2.75) is 30.7 Å². The first-order chi connectivity index (χ1) is 16.3. The molecule has 2 heterocycles. The number of urea groups is 1. The van der Waals surface area contributed by atoms with Gasteiger partial charge in [0.25, 0.3) is 0 Å². The lowest BCUT2D eigenvalue weighted by Gasteiger charge is -2.32. The number of nitrogens with zero attached hydrogens (tertiary/aromatic N) is 2. The van der Waals surface area contributed by atoms with Crippen LogP contribution in [0.1, 0.15) is 18.5 Å². The summed E-state index contributed by atoms with van der Waals surface area (Å²) in [6.45, 7) is 4.42. The van der Waals surface area contributed by atoms with E-state index in [0.29, 0.717) is 44.7 Å². The highest BCUT2D eigenvalue weighted by Crippen LogP contribution is 2.22. The van der Waals surface area contributed by atoms with E-state index in [1.54, 1.807) is 0 Å². The number of nitrogens with one attached hydrogen (secondary N) is 3. The summed E-state index contributed by atoms with van der Waals surface area (Å²) in [5, 5.41) is 6.66. The monoisotopic (exact) mass is 485 g/mol. The quantitative estimate of drug-likeness (QED) is 0.477. The molecule has 180 valence electrons. The molecule has 3 aromatic rings. The number of pyridine rings is 1. The zero-order chi connectivity index (χ0) is 24.1. The number of carbonyl (C=O) groups is 1. The molecule has 34 heavy (non-hydrogen) atoms. The van der Waals surface area contributed by atoms with E-state index in [4.69, 9.17) is 0 Å². The molecule has 0 saturated carbocycles. The molecule has 1 saturated heterocycles. The Balaban J connectivity index is 1.22. The lowest BCUT2D eigenvalue weighted by molar-refractivity contribution is 0.206. The Morgan fingerprint density at radius 2 is 1.88 bits per heavy atom. The van der Waals surface area contributed by atoms with E-state index >= 15 is 0 Å². The van der Waals surface area contributed by atoms with Crippen molar-refractivity contribution in [3.63, 3.8) is 0 Å². The van der Waals surface area contributed by atoms with Gasteiger partial charge in [-0.1, -0.05) is 24.3 Å². The Morgan fingerprint density at radius 3 is 2.65 bits per heavy atom. The number of benzene rings is 2. The van der Waals surface area contributed by atoms with E-state index in [-0.39, 0.29) is 17.0 Å². The number of piperidine rings is 1. The van der Waals surface area contributed by atoms with E-state index in [2.05, 4.69) is 25.2 Å². The number of carbonyl (C=O) groups excluding carboxylic acids is 1. The highest BCUT2D eigenvalue weighted by Gasteiger charge is 2.24. The summed E-state index contributed by atoms with van der Waals surface area (Å²) in [6, 6.07) is 14.0. The number of amides is 2. The fourth-order valence-electron chi connectivity index (χ4n) is 4.10. The zero-order valence-corrected chi connectivity index (χ0v) is 19.7. The van der Waals surface area contributed by atoms with Crippen LogP contribution in [0.4, 0.5) is 14.9 Å². The molecule has 1 aliphatic rings. The highest BCUT2D eigenvalue weighted by molar-refractivity contribution is 7.89. The number of fused-ring (bicyclic) bond motifs is 1. The maximum atomic E-state index is 13.4. The maximum absolute atomic E-state index is 13.4. The third kappa shape index (κ3) is 6.07. The summed E-state index contributed by atoms with van der Waals surface area (Å²) in [4.78, 5) is 19.0. The number of halogens is 1. The van der Waals surface area contributed by atoms with Gasteiger partial charge in [0.15, 0.2) is 0 Å². The lowest BCUT2D eigenvalue weighted by atomic mass is 10.1. The van der Waals surface area contributed by atoms with Gasteiger partial charge in [0.1, 0.15) is 5.82 Å². The summed E-state index contributed by atoms with van der Waals surface area (Å²) in [5.74, 6) is -0.582. The van der Waals surface area contributed by atoms with Gasteiger partial charge in [-0.15, -0.1) is 0 Å². The number of hydrogen-bond donors (Lipinski definition) is 3. The normalized spacial score (nSPS) is 15.4. The van der Waals surface area contributed by atoms with Gasteiger partial charge in [0.2, 0.25) is 10.0 Å². The van der Waals surface area contributed by atoms with Gasteiger partial charge in [-0.2, -0.15) is 0 Å². The third-order valence-electron chi connectivity index (χ3n) is 5.82. The second kappa shape index (κ2) is 10.5. The molecule has 0 bridgehead atoms. The Hall–Kier alpha value is -3.08. The third-order valence-corrected chi connectivity index (χ3v) is 7.34. The van der Waals surface area contributed by atoms with Crippen LogP contribution < -0.4 is 15.4 Å². The summed E-state index contributed by atoms with van der Waals surface area (Å²) < 4.78 is 41.0. The van der Waals surface area contributed by atoms with E-state index in [9.17, 15) is 17.6 Å². The molecular weight excluding hydrogens is 457 g/mol. The number of aryl methyl sites for hydroxylation is 1. The SMILES string of the molecule is Cc1cc(NC(=O)NCCN2CCC(NS(=O)(=O)c3cccc(F)c3)CC2)c2ccccc2n1. The van der Waals surface area contributed by atoms with Crippen molar-refractivity contribution in [1.82, 2.24) is 19.9 Å². The van der Waals surface area contributed by atoms with Crippen molar-refractivity contribution in [2.75, 3.05) is 31.5 Å².